The number of fused-ring (bicyclic) bond motifs is 10. The number of aromatic nitrogens is 9. The van der Waals surface area contributed by atoms with Crippen LogP contribution >= 0.6 is 11.6 Å². The first-order chi connectivity index (χ1) is 46.0. The molecule has 0 radical (unpaired) electrons. The summed E-state index contributed by atoms with van der Waals surface area (Å²) in [4.78, 5) is 27.8. The highest BCUT2D eigenvalue weighted by Gasteiger charge is 2.20. The van der Waals surface area contributed by atoms with E-state index in [2.05, 4.69) is 240 Å². The van der Waals surface area contributed by atoms with E-state index in [1.54, 1.807) is 0 Å². The van der Waals surface area contributed by atoms with Crippen LogP contribution in [0.4, 0.5) is 0 Å². The molecule has 10 heteroatoms. The van der Waals surface area contributed by atoms with Gasteiger partial charge in [-0.3, -0.25) is 0 Å². The average Bonchev–Trinajstić information content (AvgIpc) is 1.58. The molecule has 93 heavy (non-hydrogen) atoms. The number of aromatic amines is 1. The Morgan fingerprint density at radius 2 is 0.699 bits per heavy atom. The maximum absolute atomic E-state index is 6.14. The lowest BCUT2D eigenvalue weighted by Crippen LogP contribution is -2.00. The van der Waals surface area contributed by atoms with Gasteiger partial charge in [-0.2, -0.15) is 0 Å². The highest BCUT2D eigenvalue weighted by molar-refractivity contribution is 6.30. The van der Waals surface area contributed by atoms with E-state index in [0.29, 0.717) is 28.3 Å². The Labute approximate surface area is 541 Å². The molecule has 0 aliphatic rings. The van der Waals surface area contributed by atoms with Crippen LogP contribution in [0.2, 0.25) is 5.02 Å². The van der Waals surface area contributed by atoms with Gasteiger partial charge in [-0.15, -0.1) is 0 Å². The number of hydrogen-bond acceptors (Lipinski definition) is 5. The molecule has 0 fully saturated rings. The molecule has 6 aromatic heterocycles. The van der Waals surface area contributed by atoms with Crippen molar-refractivity contribution >= 4 is 77.0 Å². The molecular weight excluding hydrogens is 1160 g/mol. The molecule has 18 rings (SSSR count). The molecule has 0 unspecified atom stereocenters. The minimum Gasteiger partial charge on any atom is -0.354 e. The fourth-order valence-corrected chi connectivity index (χ4v) is 12.7. The van der Waals surface area contributed by atoms with E-state index in [1.165, 1.54) is 71.1 Å². The van der Waals surface area contributed by atoms with Gasteiger partial charge in [0.25, 0.3) is 0 Å². The Morgan fingerprint density at radius 1 is 0.269 bits per heavy atom. The number of rotatable bonds is 9. The molecule has 6 heterocycles. The first-order valence-corrected chi connectivity index (χ1v) is 31.3. The van der Waals surface area contributed by atoms with Gasteiger partial charge in [-0.25, -0.2) is 24.9 Å². The molecule has 0 bridgehead atoms. The third-order valence-electron chi connectivity index (χ3n) is 16.9. The van der Waals surface area contributed by atoms with Gasteiger partial charge in [0.15, 0.2) is 23.3 Å². The van der Waals surface area contributed by atoms with Crippen LogP contribution in [0, 0.1) is 0 Å². The topological polar surface area (TPSA) is 95.0 Å². The van der Waals surface area contributed by atoms with Gasteiger partial charge < -0.3 is 18.7 Å². The van der Waals surface area contributed by atoms with E-state index in [4.69, 9.17) is 21.6 Å². The molecule has 0 aliphatic carbocycles. The van der Waals surface area contributed by atoms with Crippen molar-refractivity contribution in [3.8, 4) is 85.1 Å². The van der Waals surface area contributed by atoms with Crippen LogP contribution in [0.15, 0.2) is 334 Å². The number of benzene rings is 12. The van der Waals surface area contributed by atoms with Crippen LogP contribution in [-0.2, 0) is 0 Å². The van der Waals surface area contributed by atoms with Crippen molar-refractivity contribution in [1.82, 2.24) is 43.6 Å². The standard InChI is InChI=1S/C42H28N4.C21H14ClN3.C20H14N2/c1-4-13-29(14-5-1)37-28-38(30-15-6-2-7-16-30)44-42(43-37)31-17-12-20-33(27-31)46-40-22-11-10-21-34(40)35-23-24-39-36(41(35)46)25-26-45(39)32-18-8-3-9-19-32;22-18-13-7-12-17(14-18)21-24-19(15-8-3-1-4-9-15)23-20(25-21)16-10-5-2-6-11-16;1-2-6-14(7-3-1)22-13-12-17-19(22)11-10-16-15-8-4-5-9-18(15)21-20(16)17/h1-28H;1-14H;1-13,21H. The Kier molecular flexibility index (Phi) is 14.8. The van der Waals surface area contributed by atoms with Crippen LogP contribution < -0.4 is 0 Å². The fraction of sp³-hybridized carbons (Fsp3) is 0. The van der Waals surface area contributed by atoms with Crippen LogP contribution in [0.3, 0.4) is 0 Å². The van der Waals surface area contributed by atoms with Crippen molar-refractivity contribution in [3.05, 3.63) is 339 Å². The minimum atomic E-state index is 0.607. The lowest BCUT2D eigenvalue weighted by Gasteiger charge is -2.13. The summed E-state index contributed by atoms with van der Waals surface area (Å²) >= 11 is 6.14. The van der Waals surface area contributed by atoms with Gasteiger partial charge >= 0.3 is 0 Å². The van der Waals surface area contributed by atoms with Gasteiger partial charge in [0.1, 0.15) is 0 Å². The summed E-state index contributed by atoms with van der Waals surface area (Å²) < 4.78 is 6.90. The number of nitrogens with zero attached hydrogens (tertiary/aromatic N) is 8. The first-order valence-electron chi connectivity index (χ1n) is 30.9. The summed E-state index contributed by atoms with van der Waals surface area (Å²) in [7, 11) is 0. The zero-order valence-corrected chi connectivity index (χ0v) is 51.0. The summed E-state index contributed by atoms with van der Waals surface area (Å²) in [6, 6.07) is 110. The number of hydrogen-bond donors (Lipinski definition) is 1. The van der Waals surface area contributed by atoms with Crippen LogP contribution in [-0.4, -0.2) is 43.6 Å². The van der Waals surface area contributed by atoms with E-state index in [-0.39, 0.29) is 0 Å². The molecule has 0 aliphatic heterocycles. The van der Waals surface area contributed by atoms with Crippen molar-refractivity contribution in [2.75, 3.05) is 0 Å². The highest BCUT2D eigenvalue weighted by atomic mass is 35.5. The van der Waals surface area contributed by atoms with Crippen LogP contribution in [0.5, 0.6) is 0 Å². The molecule has 1 N–H and O–H groups in total. The molecule has 9 nitrogen and oxygen atoms in total. The van der Waals surface area contributed by atoms with Crippen LogP contribution in [0.1, 0.15) is 0 Å². The van der Waals surface area contributed by atoms with Gasteiger partial charge in [-0.1, -0.05) is 242 Å². The van der Waals surface area contributed by atoms with E-state index >= 15 is 0 Å². The van der Waals surface area contributed by atoms with Gasteiger partial charge in [0.05, 0.1) is 39.0 Å². The van der Waals surface area contributed by atoms with Gasteiger partial charge in [0.2, 0.25) is 0 Å². The Balaban J connectivity index is 0.000000122. The molecule has 18 aromatic rings. The monoisotopic (exact) mass is 1210 g/mol. The molecular formula is C83H56ClN9. The largest absolute Gasteiger partial charge is 0.354 e. The van der Waals surface area contributed by atoms with Crippen molar-refractivity contribution < 1.29 is 0 Å². The van der Waals surface area contributed by atoms with E-state index in [9.17, 15) is 0 Å². The SMILES string of the molecule is Clc1cccc(-c2nc(-c3ccccc3)nc(-c3ccccc3)n2)c1.c1ccc(-c2cc(-c3ccccc3)nc(-c3cccc(-n4c5ccccc5c5ccc6c(ccn6-c6ccccc6)c54)c3)n2)cc1.c1ccc(-n2ccc3c4[nH]c5ccccc5c4ccc32)cc1. The predicted molar refractivity (Wildman–Crippen MR) is 383 cm³/mol. The van der Waals surface area contributed by atoms with E-state index in [1.807, 2.05) is 127 Å². The van der Waals surface area contributed by atoms with Crippen molar-refractivity contribution in [3.63, 3.8) is 0 Å². The number of para-hydroxylation sites is 4. The van der Waals surface area contributed by atoms with E-state index < -0.39 is 0 Å². The second kappa shape index (κ2) is 24.6. The smallest absolute Gasteiger partial charge is 0.164 e. The summed E-state index contributed by atoms with van der Waals surface area (Å²) in [5, 5.41) is 8.15. The van der Waals surface area contributed by atoms with Crippen molar-refractivity contribution in [1.29, 1.82) is 0 Å². The Bertz CT molecular complexity index is 5570. The van der Waals surface area contributed by atoms with Crippen molar-refractivity contribution in [2.45, 2.75) is 0 Å². The first kappa shape index (κ1) is 56.0. The predicted octanol–water partition coefficient (Wildman–Crippen LogP) is 21.3. The maximum Gasteiger partial charge on any atom is 0.164 e. The van der Waals surface area contributed by atoms with Gasteiger partial charge in [-0.05, 0) is 91.0 Å². The normalized spacial score (nSPS) is 11.3. The summed E-state index contributed by atoms with van der Waals surface area (Å²) in [6.45, 7) is 0. The third-order valence-corrected chi connectivity index (χ3v) is 17.2. The molecule has 0 spiro atoms. The molecule has 12 aromatic carbocycles. The summed E-state index contributed by atoms with van der Waals surface area (Å²) in [5.41, 5.74) is 18.2. The molecule has 440 valence electrons. The lowest BCUT2D eigenvalue weighted by atomic mass is 10.1. The zero-order valence-electron chi connectivity index (χ0n) is 50.2. The number of halogens is 1. The summed E-state index contributed by atoms with van der Waals surface area (Å²) in [5.74, 6) is 2.59. The van der Waals surface area contributed by atoms with E-state index in [0.717, 1.165) is 56.1 Å². The number of nitrogens with one attached hydrogen (secondary N) is 1. The highest BCUT2D eigenvalue weighted by Crippen LogP contribution is 2.40. The molecule has 0 atom stereocenters. The summed E-state index contributed by atoms with van der Waals surface area (Å²) in [6.07, 6.45) is 4.32. The van der Waals surface area contributed by atoms with Gasteiger partial charge in [0, 0.05) is 106 Å². The molecule has 0 amide bonds. The molecule has 0 saturated heterocycles. The maximum atomic E-state index is 6.14. The molecule has 0 saturated carbocycles. The second-order valence-corrected chi connectivity index (χ2v) is 23.1. The number of H-pyrrole nitrogens is 1. The average molecular weight is 1210 g/mol. The Morgan fingerprint density at radius 3 is 1.28 bits per heavy atom. The minimum absolute atomic E-state index is 0.607. The fourth-order valence-electron chi connectivity index (χ4n) is 12.5. The Hall–Kier alpha value is -12.3. The lowest BCUT2D eigenvalue weighted by molar-refractivity contribution is 1.07. The van der Waals surface area contributed by atoms with Crippen molar-refractivity contribution in [2.24, 2.45) is 0 Å². The van der Waals surface area contributed by atoms with Crippen LogP contribution in [0.25, 0.3) is 151 Å². The quantitative estimate of drug-likeness (QED) is 0.155. The second-order valence-electron chi connectivity index (χ2n) is 22.7. The zero-order chi connectivity index (χ0) is 62.0. The third kappa shape index (κ3) is 10.9.